The third-order valence-electron chi connectivity index (χ3n) is 6.24. The van der Waals surface area contributed by atoms with Gasteiger partial charge in [0.1, 0.15) is 5.60 Å². The number of amides is 2. The number of rotatable bonds is 2. The van der Waals surface area contributed by atoms with Gasteiger partial charge < -0.3 is 9.47 Å². The number of alkyl halides is 3. The van der Waals surface area contributed by atoms with Gasteiger partial charge in [-0.25, -0.2) is 4.90 Å². The smallest absolute Gasteiger partial charge is 0.378 e. The van der Waals surface area contributed by atoms with Crippen LogP contribution in [0.2, 0.25) is 0 Å². The van der Waals surface area contributed by atoms with Crippen molar-refractivity contribution in [3.05, 3.63) is 29.3 Å². The Kier molecular flexibility index (Phi) is 3.75. The van der Waals surface area contributed by atoms with Crippen molar-refractivity contribution in [2.75, 3.05) is 12.0 Å². The first-order chi connectivity index (χ1) is 13.0. The number of hydrogen-bond donors (Lipinski definition) is 0. The van der Waals surface area contributed by atoms with Gasteiger partial charge in [0.05, 0.1) is 46.4 Å². The number of halogens is 3. The van der Waals surface area contributed by atoms with Crippen LogP contribution >= 0.6 is 0 Å². The van der Waals surface area contributed by atoms with Gasteiger partial charge in [0.25, 0.3) is 0 Å². The minimum Gasteiger partial charge on any atom is -0.378 e. The second-order valence-corrected chi connectivity index (χ2v) is 7.83. The highest BCUT2D eigenvalue weighted by Crippen LogP contribution is 2.61. The molecule has 3 heterocycles. The molecule has 3 saturated heterocycles. The van der Waals surface area contributed by atoms with Crippen molar-refractivity contribution in [3.63, 3.8) is 0 Å². The maximum Gasteiger partial charge on any atom is 0.417 e. The van der Waals surface area contributed by atoms with Crippen molar-refractivity contribution in [1.82, 2.24) is 0 Å². The number of ether oxygens (including phenoxy) is 2. The summed E-state index contributed by atoms with van der Waals surface area (Å²) in [6, 6.07) is 4.32. The highest BCUT2D eigenvalue weighted by atomic mass is 19.4. The molecule has 0 aliphatic carbocycles. The molecule has 0 N–H and O–H groups in total. The monoisotopic (exact) mass is 394 g/mol. The van der Waals surface area contributed by atoms with Gasteiger partial charge in [-0.1, -0.05) is 0 Å². The lowest BCUT2D eigenvalue weighted by Gasteiger charge is -2.34. The van der Waals surface area contributed by atoms with Crippen LogP contribution in [-0.4, -0.2) is 36.2 Å². The van der Waals surface area contributed by atoms with E-state index in [0.29, 0.717) is 12.5 Å². The Balaban J connectivity index is 1.80. The zero-order valence-corrected chi connectivity index (χ0v) is 15.3. The first-order valence-corrected chi connectivity index (χ1v) is 8.70. The molecule has 2 bridgehead atoms. The molecule has 0 unspecified atom stereocenters. The van der Waals surface area contributed by atoms with Crippen molar-refractivity contribution in [2.24, 2.45) is 11.8 Å². The number of carbonyl (C=O) groups excluding carboxylic acids is 2. The Morgan fingerprint density at radius 2 is 1.89 bits per heavy atom. The van der Waals surface area contributed by atoms with E-state index in [1.165, 1.54) is 19.2 Å². The maximum atomic E-state index is 13.3. The van der Waals surface area contributed by atoms with Crippen molar-refractivity contribution >= 4 is 17.5 Å². The summed E-state index contributed by atoms with van der Waals surface area (Å²) in [4.78, 5) is 27.0. The summed E-state index contributed by atoms with van der Waals surface area (Å²) in [7, 11) is 1.49. The van der Waals surface area contributed by atoms with Gasteiger partial charge in [0, 0.05) is 13.5 Å². The normalized spacial score (nSPS) is 36.8. The van der Waals surface area contributed by atoms with Crippen LogP contribution in [0.1, 0.15) is 31.4 Å². The third-order valence-corrected chi connectivity index (χ3v) is 6.24. The largest absolute Gasteiger partial charge is 0.417 e. The molecule has 148 valence electrons. The highest BCUT2D eigenvalue weighted by molar-refractivity contribution is 6.23. The molecule has 1 aromatic rings. The number of anilines is 1. The first kappa shape index (κ1) is 18.9. The third kappa shape index (κ3) is 2.22. The van der Waals surface area contributed by atoms with Gasteiger partial charge in [-0.15, -0.1) is 0 Å². The average molecular weight is 394 g/mol. The van der Waals surface area contributed by atoms with Gasteiger partial charge in [-0.2, -0.15) is 18.4 Å². The lowest BCUT2D eigenvalue weighted by atomic mass is 9.67. The molecule has 9 heteroatoms. The van der Waals surface area contributed by atoms with E-state index in [-0.39, 0.29) is 5.69 Å². The number of benzene rings is 1. The number of imide groups is 1. The molecule has 5 atom stereocenters. The van der Waals surface area contributed by atoms with Crippen molar-refractivity contribution in [2.45, 2.75) is 43.8 Å². The molecule has 0 saturated carbocycles. The van der Waals surface area contributed by atoms with E-state index in [9.17, 15) is 22.8 Å². The summed E-state index contributed by atoms with van der Waals surface area (Å²) < 4.78 is 51.4. The fourth-order valence-corrected chi connectivity index (χ4v) is 5.07. The quantitative estimate of drug-likeness (QED) is 0.721. The summed E-state index contributed by atoms with van der Waals surface area (Å²) in [5.74, 6) is -2.83. The van der Waals surface area contributed by atoms with Gasteiger partial charge >= 0.3 is 6.18 Å². The zero-order chi connectivity index (χ0) is 20.6. The number of methoxy groups -OCH3 is 1. The summed E-state index contributed by atoms with van der Waals surface area (Å²) in [6.07, 6.45) is -4.78. The molecule has 2 amide bonds. The van der Waals surface area contributed by atoms with Gasteiger partial charge in [-0.05, 0) is 32.0 Å². The van der Waals surface area contributed by atoms with Crippen LogP contribution in [0.3, 0.4) is 0 Å². The molecule has 0 spiro atoms. The van der Waals surface area contributed by atoms with Crippen LogP contribution in [0, 0.1) is 23.2 Å². The Bertz CT molecular complexity index is 940. The minimum atomic E-state index is -4.79. The van der Waals surface area contributed by atoms with E-state index in [4.69, 9.17) is 14.7 Å². The predicted molar refractivity (Wildman–Crippen MR) is 88.9 cm³/mol. The van der Waals surface area contributed by atoms with Crippen molar-refractivity contribution < 1.29 is 32.2 Å². The van der Waals surface area contributed by atoms with Crippen LogP contribution < -0.4 is 4.90 Å². The van der Waals surface area contributed by atoms with Crippen LogP contribution in [0.25, 0.3) is 0 Å². The summed E-state index contributed by atoms with van der Waals surface area (Å²) >= 11 is 0. The fraction of sp³-hybridized carbons (Fsp3) is 0.526. The number of fused-ring (bicyclic) bond motifs is 5. The number of nitriles is 1. The van der Waals surface area contributed by atoms with E-state index < -0.39 is 58.3 Å². The molecule has 6 nitrogen and oxygen atoms in total. The summed E-state index contributed by atoms with van der Waals surface area (Å²) in [5, 5.41) is 8.95. The highest BCUT2D eigenvalue weighted by Gasteiger charge is 2.76. The van der Waals surface area contributed by atoms with Crippen LogP contribution in [0.5, 0.6) is 0 Å². The Morgan fingerprint density at radius 1 is 1.25 bits per heavy atom. The van der Waals surface area contributed by atoms with E-state index in [1.54, 1.807) is 13.8 Å². The van der Waals surface area contributed by atoms with E-state index in [0.717, 1.165) is 11.0 Å². The molecular weight excluding hydrogens is 377 g/mol. The molecular formula is C19H17F3N2O4. The predicted octanol–water partition coefficient (Wildman–Crippen LogP) is 2.65. The fourth-order valence-electron chi connectivity index (χ4n) is 5.07. The molecule has 0 radical (unpaired) electrons. The Labute approximate surface area is 158 Å². The van der Waals surface area contributed by atoms with Gasteiger partial charge in [0.2, 0.25) is 11.8 Å². The molecule has 3 aliphatic heterocycles. The molecule has 4 rings (SSSR count). The van der Waals surface area contributed by atoms with Crippen LogP contribution in [-0.2, 0) is 25.2 Å². The van der Waals surface area contributed by atoms with Gasteiger partial charge in [-0.3, -0.25) is 9.59 Å². The van der Waals surface area contributed by atoms with Crippen LogP contribution in [0.4, 0.5) is 18.9 Å². The molecule has 0 aromatic heterocycles. The average Bonchev–Trinajstić information content (AvgIpc) is 3.14. The number of hydrogen-bond acceptors (Lipinski definition) is 5. The Morgan fingerprint density at radius 3 is 2.46 bits per heavy atom. The lowest BCUT2D eigenvalue weighted by Crippen LogP contribution is -2.49. The van der Waals surface area contributed by atoms with E-state index >= 15 is 0 Å². The molecule has 28 heavy (non-hydrogen) atoms. The second kappa shape index (κ2) is 5.55. The van der Waals surface area contributed by atoms with Gasteiger partial charge in [0.15, 0.2) is 0 Å². The van der Waals surface area contributed by atoms with Crippen molar-refractivity contribution in [3.8, 4) is 6.07 Å². The lowest BCUT2D eigenvalue weighted by molar-refractivity contribution is -0.138. The number of nitrogens with zero attached hydrogens (tertiary/aromatic N) is 2. The van der Waals surface area contributed by atoms with Crippen molar-refractivity contribution in [1.29, 1.82) is 5.26 Å². The van der Waals surface area contributed by atoms with Crippen LogP contribution in [0.15, 0.2) is 18.2 Å². The summed E-state index contributed by atoms with van der Waals surface area (Å²) in [5.41, 5.74) is -3.92. The SMILES string of the molecule is CO[C@H]1C[C@@]2(C)O[C@@]1(C)[C@H]1C(=O)N(c3ccc(C#N)c(C(F)(F)F)c3)C(=O)[C@H]12. The zero-order valence-electron chi connectivity index (χ0n) is 15.3. The first-order valence-electron chi connectivity index (χ1n) is 8.70. The molecule has 1 aromatic carbocycles. The summed E-state index contributed by atoms with van der Waals surface area (Å²) in [6.45, 7) is 3.43. The minimum absolute atomic E-state index is 0.198. The topological polar surface area (TPSA) is 79.6 Å². The standard InChI is InChI=1S/C19H17F3N2O4/c1-17-7-12(27-3)18(2,28-17)14-13(17)15(25)24(16(14)26)10-5-4-9(8-23)11(6-10)19(20,21)22/h4-6,12-14H,7H2,1-3H3/t12-,13-,14+,17+,18+/m0/s1. The number of carbonyl (C=O) groups is 2. The molecule has 3 fully saturated rings. The second-order valence-electron chi connectivity index (χ2n) is 7.83. The van der Waals surface area contributed by atoms with E-state index in [2.05, 4.69) is 0 Å². The maximum absolute atomic E-state index is 13.3. The Hall–Kier alpha value is -2.44. The molecule has 3 aliphatic rings. The van der Waals surface area contributed by atoms with E-state index in [1.807, 2.05) is 0 Å².